The lowest BCUT2D eigenvalue weighted by molar-refractivity contribution is 0.315. The molecule has 3 aromatic rings. The second kappa shape index (κ2) is 6.36. The number of nitrogens with one attached hydrogen (secondary N) is 1. The van der Waals surface area contributed by atoms with Crippen LogP contribution in [0.5, 0.6) is 5.88 Å². The van der Waals surface area contributed by atoms with E-state index in [1.807, 2.05) is 13.8 Å². The van der Waals surface area contributed by atoms with Crippen LogP contribution < -0.4 is 5.56 Å². The number of nitrogens with zero attached hydrogens (tertiary/aromatic N) is 4. The summed E-state index contributed by atoms with van der Waals surface area (Å²) in [6, 6.07) is 5.12. The lowest BCUT2D eigenvalue weighted by atomic mass is 10.2. The summed E-state index contributed by atoms with van der Waals surface area (Å²) in [5, 5.41) is 18.0. The first-order chi connectivity index (χ1) is 11.5. The molecule has 1 atom stereocenters. The molecule has 0 spiro atoms. The summed E-state index contributed by atoms with van der Waals surface area (Å²) in [6.07, 6.45) is 2.03. The highest BCUT2D eigenvalue weighted by Crippen LogP contribution is 2.24. The van der Waals surface area contributed by atoms with Crippen molar-refractivity contribution in [2.45, 2.75) is 26.3 Å². The van der Waals surface area contributed by atoms with Gasteiger partial charge >= 0.3 is 0 Å². The fourth-order valence-electron chi connectivity index (χ4n) is 2.29. The van der Waals surface area contributed by atoms with Crippen molar-refractivity contribution >= 4 is 35.2 Å². The highest BCUT2D eigenvalue weighted by atomic mass is 32.1. The van der Waals surface area contributed by atoms with Gasteiger partial charge in [-0.1, -0.05) is 13.0 Å². The molecule has 0 aliphatic rings. The Balaban J connectivity index is 2.12. The molecule has 0 bridgehead atoms. The van der Waals surface area contributed by atoms with Crippen LogP contribution in [-0.2, 0) is 0 Å². The number of hydrogen-bond donors (Lipinski definition) is 2. The maximum atomic E-state index is 12.1. The van der Waals surface area contributed by atoms with Gasteiger partial charge in [-0.25, -0.2) is 4.63 Å². The van der Waals surface area contributed by atoms with E-state index in [1.165, 1.54) is 10.8 Å². The molecule has 0 saturated heterocycles. The minimum Gasteiger partial charge on any atom is -0.494 e. The molecule has 2 aromatic heterocycles. The largest absolute Gasteiger partial charge is 0.494 e. The van der Waals surface area contributed by atoms with Crippen molar-refractivity contribution in [3.63, 3.8) is 0 Å². The molecule has 3 rings (SSSR count). The zero-order chi connectivity index (χ0) is 17.3. The summed E-state index contributed by atoms with van der Waals surface area (Å²) in [5.41, 5.74) is 1.02. The Hall–Kier alpha value is -2.81. The minimum absolute atomic E-state index is 0.0253. The summed E-state index contributed by atoms with van der Waals surface area (Å²) < 4.78 is 6.35. The third-order valence-corrected chi connectivity index (χ3v) is 4.08. The average Bonchev–Trinajstić information content (AvgIpc) is 3.03. The van der Waals surface area contributed by atoms with Crippen molar-refractivity contribution in [1.82, 2.24) is 19.9 Å². The zero-order valence-corrected chi connectivity index (χ0v) is 13.9. The Kier molecular flexibility index (Phi) is 4.26. The molecular weight excluding hydrogens is 330 g/mol. The summed E-state index contributed by atoms with van der Waals surface area (Å²) >= 11 is 5.13. The Morgan fingerprint density at radius 1 is 1.50 bits per heavy atom. The third kappa shape index (κ3) is 2.73. The summed E-state index contributed by atoms with van der Waals surface area (Å²) in [7, 11) is 0. The number of fused-ring (bicyclic) bond motifs is 1. The molecule has 0 saturated carbocycles. The van der Waals surface area contributed by atoms with Crippen LogP contribution in [0.4, 0.5) is 5.69 Å². The predicted molar refractivity (Wildman–Crippen MR) is 91.6 cm³/mol. The number of aromatic hydroxyl groups is 1. The highest BCUT2D eigenvalue weighted by Gasteiger charge is 2.15. The van der Waals surface area contributed by atoms with E-state index in [1.54, 1.807) is 18.2 Å². The van der Waals surface area contributed by atoms with E-state index < -0.39 is 5.56 Å². The lowest BCUT2D eigenvalue weighted by Gasteiger charge is -2.16. The summed E-state index contributed by atoms with van der Waals surface area (Å²) in [5.74, 6) is -0.215. The van der Waals surface area contributed by atoms with E-state index in [2.05, 4.69) is 24.9 Å². The fourth-order valence-corrected chi connectivity index (χ4v) is 2.65. The zero-order valence-electron chi connectivity index (χ0n) is 13.1. The topological polar surface area (TPSA) is 109 Å². The van der Waals surface area contributed by atoms with E-state index in [0.717, 1.165) is 6.42 Å². The van der Waals surface area contributed by atoms with Gasteiger partial charge in [0.25, 0.3) is 5.56 Å². The molecule has 9 heteroatoms. The van der Waals surface area contributed by atoms with Gasteiger partial charge < -0.3 is 5.11 Å². The number of aromatic amines is 1. The van der Waals surface area contributed by atoms with Crippen molar-refractivity contribution in [1.29, 1.82) is 0 Å². The average molecular weight is 345 g/mol. The molecule has 1 aromatic carbocycles. The number of aromatic nitrogens is 4. The van der Waals surface area contributed by atoms with Crippen molar-refractivity contribution in [2.75, 3.05) is 0 Å². The van der Waals surface area contributed by atoms with E-state index in [-0.39, 0.29) is 22.3 Å². The van der Waals surface area contributed by atoms with Gasteiger partial charge in [0.2, 0.25) is 5.88 Å². The molecule has 1 unspecified atom stereocenters. The molecule has 0 fully saturated rings. The van der Waals surface area contributed by atoms with Crippen LogP contribution >= 0.6 is 12.2 Å². The SMILES string of the molecule is CCC(C)n1c(O)c(C=Nc2cccc3nonc23)c(=O)[nH]c1=S. The van der Waals surface area contributed by atoms with Crippen LogP contribution in [-0.4, -0.2) is 31.2 Å². The van der Waals surface area contributed by atoms with Crippen LogP contribution in [0.3, 0.4) is 0 Å². The van der Waals surface area contributed by atoms with E-state index in [9.17, 15) is 9.90 Å². The second-order valence-electron chi connectivity index (χ2n) is 5.29. The van der Waals surface area contributed by atoms with Crippen LogP contribution in [0.2, 0.25) is 0 Å². The van der Waals surface area contributed by atoms with Gasteiger partial charge in [0.1, 0.15) is 11.1 Å². The van der Waals surface area contributed by atoms with Crippen LogP contribution in [0.1, 0.15) is 31.9 Å². The van der Waals surface area contributed by atoms with Gasteiger partial charge in [0, 0.05) is 12.3 Å². The third-order valence-electron chi connectivity index (χ3n) is 3.78. The Bertz CT molecular complexity index is 1030. The molecule has 2 heterocycles. The number of H-pyrrole nitrogens is 1. The Morgan fingerprint density at radius 2 is 2.29 bits per heavy atom. The molecule has 124 valence electrons. The molecule has 0 aliphatic heterocycles. The molecule has 8 nitrogen and oxygen atoms in total. The minimum atomic E-state index is -0.508. The molecular formula is C15H15N5O3S. The number of hydrogen-bond acceptors (Lipinski definition) is 7. The Labute approximate surface area is 141 Å². The smallest absolute Gasteiger partial charge is 0.264 e. The van der Waals surface area contributed by atoms with E-state index in [0.29, 0.717) is 16.7 Å². The van der Waals surface area contributed by atoms with Gasteiger partial charge in [0.15, 0.2) is 10.3 Å². The van der Waals surface area contributed by atoms with Gasteiger partial charge in [-0.2, -0.15) is 0 Å². The molecule has 0 amide bonds. The fraction of sp³-hybridized carbons (Fsp3) is 0.267. The van der Waals surface area contributed by atoms with Crippen molar-refractivity contribution in [3.05, 3.63) is 38.9 Å². The van der Waals surface area contributed by atoms with Crippen molar-refractivity contribution in [2.24, 2.45) is 4.99 Å². The van der Waals surface area contributed by atoms with E-state index in [4.69, 9.17) is 12.2 Å². The van der Waals surface area contributed by atoms with Crippen LogP contribution in [0.15, 0.2) is 32.6 Å². The number of benzene rings is 1. The van der Waals surface area contributed by atoms with Crippen LogP contribution in [0.25, 0.3) is 11.0 Å². The summed E-state index contributed by atoms with van der Waals surface area (Å²) in [4.78, 5) is 18.9. The molecule has 2 N–H and O–H groups in total. The Morgan fingerprint density at radius 3 is 3.04 bits per heavy atom. The first kappa shape index (κ1) is 16.1. The highest BCUT2D eigenvalue weighted by molar-refractivity contribution is 7.71. The first-order valence-electron chi connectivity index (χ1n) is 7.36. The van der Waals surface area contributed by atoms with Gasteiger partial charge in [-0.05, 0) is 48.0 Å². The van der Waals surface area contributed by atoms with Crippen LogP contribution in [0, 0.1) is 4.77 Å². The second-order valence-corrected chi connectivity index (χ2v) is 5.68. The molecule has 24 heavy (non-hydrogen) atoms. The monoisotopic (exact) mass is 345 g/mol. The number of aliphatic imine (C=N–C) groups is 1. The lowest BCUT2D eigenvalue weighted by Crippen LogP contribution is -2.20. The van der Waals surface area contributed by atoms with Gasteiger partial charge in [-0.15, -0.1) is 0 Å². The maximum absolute atomic E-state index is 12.1. The van der Waals surface area contributed by atoms with E-state index >= 15 is 0 Å². The first-order valence-corrected chi connectivity index (χ1v) is 7.77. The van der Waals surface area contributed by atoms with Crippen molar-refractivity contribution < 1.29 is 9.74 Å². The van der Waals surface area contributed by atoms with Crippen molar-refractivity contribution in [3.8, 4) is 5.88 Å². The molecule has 0 radical (unpaired) electrons. The van der Waals surface area contributed by atoms with Gasteiger partial charge in [0.05, 0.1) is 5.69 Å². The molecule has 0 aliphatic carbocycles. The predicted octanol–water partition coefficient (Wildman–Crippen LogP) is 2.87. The normalized spacial score (nSPS) is 12.9. The van der Waals surface area contributed by atoms with Gasteiger partial charge in [-0.3, -0.25) is 19.3 Å². The maximum Gasteiger partial charge on any atom is 0.264 e. The number of rotatable bonds is 4. The summed E-state index contributed by atoms with van der Waals surface area (Å²) in [6.45, 7) is 3.86. The standard InChI is InChI=1S/C15H15N5O3S/c1-3-8(2)20-14(22)9(13(21)17-15(20)24)7-16-10-5-4-6-11-12(10)19-23-18-11/h4-8,22H,3H2,1-2H3,(H,17,21,24). The quantitative estimate of drug-likeness (QED) is 0.556.